The molecule has 0 aliphatic carbocycles. The summed E-state index contributed by atoms with van der Waals surface area (Å²) >= 11 is 0. The number of rotatable bonds is 5. The van der Waals surface area contributed by atoms with Crippen LogP contribution in [0, 0.1) is 0 Å². The third kappa shape index (κ3) is 9.21. The Bertz CT molecular complexity index is 501. The van der Waals surface area contributed by atoms with Gasteiger partial charge in [-0.2, -0.15) is 0 Å². The van der Waals surface area contributed by atoms with Gasteiger partial charge in [-0.15, -0.1) is 0 Å². The first kappa shape index (κ1) is 18.6. The highest BCUT2D eigenvalue weighted by molar-refractivity contribution is 5.87. The molecule has 0 aliphatic heterocycles. The van der Waals surface area contributed by atoms with E-state index in [1.807, 2.05) is 37.3 Å². The smallest absolute Gasteiger partial charge is 0.333 e. The van der Waals surface area contributed by atoms with Crippen molar-refractivity contribution in [2.75, 3.05) is 0 Å². The monoisotopic (exact) mass is 290 g/mol. The molecule has 0 saturated carbocycles. The van der Waals surface area contributed by atoms with Crippen LogP contribution in [0.25, 0.3) is 0 Å². The number of esters is 1. The summed E-state index contributed by atoms with van der Waals surface area (Å²) in [5.74, 6) is -1.17. The number of carbonyl (C=O) groups excluding carboxylic acids is 1. The van der Waals surface area contributed by atoms with Crippen molar-refractivity contribution in [3.63, 3.8) is 0 Å². The van der Waals surface area contributed by atoms with E-state index in [0.29, 0.717) is 17.8 Å². The Kier molecular flexibility index (Phi) is 9.26. The Morgan fingerprint density at radius 3 is 2.19 bits per heavy atom. The van der Waals surface area contributed by atoms with Crippen LogP contribution in [-0.4, -0.2) is 17.0 Å². The highest BCUT2D eigenvalue weighted by atomic mass is 16.5. The number of hydrogen-bond donors (Lipinski definition) is 1. The van der Waals surface area contributed by atoms with E-state index in [9.17, 15) is 9.59 Å². The minimum absolute atomic E-state index is 0.312. The van der Waals surface area contributed by atoms with Crippen LogP contribution in [0.4, 0.5) is 0 Å². The molecule has 0 bridgehead atoms. The number of carboxylic acid groups (broad SMARTS) is 1. The van der Waals surface area contributed by atoms with Crippen molar-refractivity contribution in [2.45, 2.75) is 33.8 Å². The van der Waals surface area contributed by atoms with Gasteiger partial charge < -0.3 is 9.84 Å². The zero-order valence-electron chi connectivity index (χ0n) is 12.8. The lowest BCUT2D eigenvalue weighted by atomic mass is 10.2. The van der Waals surface area contributed by atoms with Gasteiger partial charge in [0.15, 0.2) is 0 Å². The Morgan fingerprint density at radius 2 is 1.81 bits per heavy atom. The number of carbonyl (C=O) groups is 2. The van der Waals surface area contributed by atoms with Crippen molar-refractivity contribution in [3.8, 4) is 0 Å². The van der Waals surface area contributed by atoms with Crippen LogP contribution in [0.1, 0.15) is 32.8 Å². The quantitative estimate of drug-likeness (QED) is 0.663. The molecular weight excluding hydrogens is 268 g/mol. The highest BCUT2D eigenvalue weighted by Gasteiger charge is 2.02. The number of benzene rings is 1. The molecule has 0 spiro atoms. The number of hydrogen-bond acceptors (Lipinski definition) is 3. The lowest BCUT2D eigenvalue weighted by Gasteiger charge is -2.03. The second-order valence-corrected chi connectivity index (χ2v) is 4.44. The molecule has 1 rings (SSSR count). The van der Waals surface area contributed by atoms with Crippen molar-refractivity contribution in [1.82, 2.24) is 0 Å². The molecular formula is C17H22O4. The van der Waals surface area contributed by atoms with Crippen LogP contribution in [0.15, 0.2) is 54.1 Å². The maximum atomic E-state index is 11.0. The van der Waals surface area contributed by atoms with E-state index in [4.69, 9.17) is 9.84 Å². The molecule has 0 aromatic heterocycles. The van der Waals surface area contributed by atoms with E-state index in [0.717, 1.165) is 12.0 Å². The van der Waals surface area contributed by atoms with E-state index in [1.165, 1.54) is 0 Å². The third-order valence-corrected chi connectivity index (χ3v) is 2.41. The summed E-state index contributed by atoms with van der Waals surface area (Å²) in [7, 11) is 0. The van der Waals surface area contributed by atoms with Crippen LogP contribution in [0.3, 0.4) is 0 Å². The number of allylic oxidation sites excluding steroid dienone is 1. The van der Waals surface area contributed by atoms with Gasteiger partial charge in [0.05, 0.1) is 0 Å². The van der Waals surface area contributed by atoms with Gasteiger partial charge in [-0.1, -0.05) is 49.9 Å². The van der Waals surface area contributed by atoms with Crippen molar-refractivity contribution in [2.24, 2.45) is 0 Å². The van der Waals surface area contributed by atoms with Crippen molar-refractivity contribution >= 4 is 11.9 Å². The first-order valence-electron chi connectivity index (χ1n) is 6.65. The summed E-state index contributed by atoms with van der Waals surface area (Å²) in [5.41, 5.74) is 1.83. The lowest BCUT2D eigenvalue weighted by Crippen LogP contribution is -2.04. The molecule has 114 valence electrons. The van der Waals surface area contributed by atoms with Gasteiger partial charge in [0.1, 0.15) is 6.61 Å². The van der Waals surface area contributed by atoms with Crippen molar-refractivity contribution < 1.29 is 19.4 Å². The number of aliphatic carboxylic acids is 1. The average Bonchev–Trinajstić information content (AvgIpc) is 2.46. The molecule has 1 aromatic carbocycles. The Hall–Kier alpha value is -2.36. The Morgan fingerprint density at radius 1 is 1.24 bits per heavy atom. The van der Waals surface area contributed by atoms with E-state index >= 15 is 0 Å². The zero-order valence-corrected chi connectivity index (χ0v) is 12.8. The van der Waals surface area contributed by atoms with Crippen LogP contribution < -0.4 is 0 Å². The second kappa shape index (κ2) is 10.4. The summed E-state index contributed by atoms with van der Waals surface area (Å²) < 4.78 is 4.95. The molecule has 0 saturated heterocycles. The predicted molar refractivity (Wildman–Crippen MR) is 82.7 cm³/mol. The second-order valence-electron chi connectivity index (χ2n) is 4.44. The molecule has 0 fully saturated rings. The fourth-order valence-corrected chi connectivity index (χ4v) is 1.24. The minimum atomic E-state index is -0.827. The van der Waals surface area contributed by atoms with Gasteiger partial charge in [-0.3, -0.25) is 0 Å². The topological polar surface area (TPSA) is 63.6 Å². The predicted octanol–water partition coefficient (Wildman–Crippen LogP) is 3.73. The van der Waals surface area contributed by atoms with Gasteiger partial charge >= 0.3 is 11.9 Å². The average molecular weight is 290 g/mol. The third-order valence-electron chi connectivity index (χ3n) is 2.41. The molecule has 1 aromatic rings. The molecule has 0 amide bonds. The Balaban J connectivity index is 0.000000433. The lowest BCUT2D eigenvalue weighted by molar-refractivity contribution is -0.140. The normalized spacial score (nSPS) is 10.1. The molecule has 0 aliphatic rings. The summed E-state index contributed by atoms with van der Waals surface area (Å²) in [4.78, 5) is 21.0. The van der Waals surface area contributed by atoms with Crippen LogP contribution >= 0.6 is 0 Å². The van der Waals surface area contributed by atoms with Crippen LogP contribution in [-0.2, 0) is 20.9 Å². The molecule has 0 heterocycles. The fourth-order valence-electron chi connectivity index (χ4n) is 1.24. The largest absolute Gasteiger partial charge is 0.478 e. The molecule has 1 N–H and O–H groups in total. The van der Waals surface area contributed by atoms with E-state index in [-0.39, 0.29) is 5.97 Å². The summed E-state index contributed by atoms with van der Waals surface area (Å²) in [6, 6.07) is 9.55. The van der Waals surface area contributed by atoms with Gasteiger partial charge in [-0.05, 0) is 25.8 Å². The number of ether oxygens (including phenoxy) is 1. The van der Waals surface area contributed by atoms with Gasteiger partial charge in [0.2, 0.25) is 0 Å². The standard InChI is InChI=1S/C11H12O2.C6H10O2/c1-9(2)11(12)13-8-10-6-4-3-5-7-10;1-3-4-5(2)6(7)8/h3-7H,1,8H2,2H3;4H,3H2,1-2H3,(H,7,8). The number of carboxylic acids is 1. The van der Waals surface area contributed by atoms with Crippen LogP contribution in [0.5, 0.6) is 0 Å². The summed E-state index contributed by atoms with van der Waals surface area (Å²) in [5, 5.41) is 8.24. The Labute approximate surface area is 125 Å². The van der Waals surface area contributed by atoms with Crippen molar-refractivity contribution in [3.05, 3.63) is 59.7 Å². The van der Waals surface area contributed by atoms with Gasteiger partial charge in [0, 0.05) is 11.1 Å². The van der Waals surface area contributed by atoms with E-state index in [2.05, 4.69) is 6.58 Å². The molecule has 0 atom stereocenters. The fraction of sp³-hybridized carbons (Fsp3) is 0.294. The van der Waals surface area contributed by atoms with Crippen molar-refractivity contribution in [1.29, 1.82) is 0 Å². The molecule has 4 heteroatoms. The first-order valence-corrected chi connectivity index (χ1v) is 6.65. The molecule has 4 nitrogen and oxygen atoms in total. The first-order chi connectivity index (χ1) is 9.88. The van der Waals surface area contributed by atoms with Gasteiger partial charge in [0.25, 0.3) is 0 Å². The van der Waals surface area contributed by atoms with Crippen LogP contribution in [0.2, 0.25) is 0 Å². The minimum Gasteiger partial charge on any atom is -0.478 e. The van der Waals surface area contributed by atoms with E-state index < -0.39 is 5.97 Å². The summed E-state index contributed by atoms with van der Waals surface area (Å²) in [6.45, 7) is 8.94. The highest BCUT2D eigenvalue weighted by Crippen LogP contribution is 2.02. The van der Waals surface area contributed by atoms with E-state index in [1.54, 1.807) is 19.9 Å². The van der Waals surface area contributed by atoms with Gasteiger partial charge in [-0.25, -0.2) is 9.59 Å². The maximum Gasteiger partial charge on any atom is 0.333 e. The zero-order chi connectivity index (χ0) is 16.3. The molecule has 0 radical (unpaired) electrons. The SMILES string of the molecule is C=C(C)C(=O)OCc1ccccc1.CCC=C(C)C(=O)O. The molecule has 21 heavy (non-hydrogen) atoms. The maximum absolute atomic E-state index is 11.0. The summed E-state index contributed by atoms with van der Waals surface area (Å²) in [6.07, 6.45) is 2.47. The molecule has 0 unspecified atom stereocenters.